The molecule has 2 amide bonds. The minimum atomic E-state index is -0.298. The van der Waals surface area contributed by atoms with Crippen LogP contribution in [0, 0.1) is 0 Å². The highest BCUT2D eigenvalue weighted by Crippen LogP contribution is 2.27. The lowest BCUT2D eigenvalue weighted by atomic mass is 10.1. The lowest BCUT2D eigenvalue weighted by Crippen LogP contribution is -2.40. The largest absolute Gasteiger partial charge is 0.356 e. The van der Waals surface area contributed by atoms with Gasteiger partial charge in [-0.15, -0.1) is 0 Å². The Morgan fingerprint density at radius 3 is 2.43 bits per heavy atom. The maximum atomic E-state index is 12.5. The van der Waals surface area contributed by atoms with Crippen LogP contribution in [0.3, 0.4) is 0 Å². The minimum Gasteiger partial charge on any atom is -0.356 e. The van der Waals surface area contributed by atoms with Crippen molar-refractivity contribution in [1.29, 1.82) is 0 Å². The lowest BCUT2D eigenvalue weighted by molar-refractivity contribution is -0.122. The summed E-state index contributed by atoms with van der Waals surface area (Å²) in [7, 11) is 1.59. The summed E-state index contributed by atoms with van der Waals surface area (Å²) in [6.07, 6.45) is 4.67. The maximum Gasteiger partial charge on any atom is 0.262 e. The Morgan fingerprint density at radius 2 is 1.81 bits per heavy atom. The van der Waals surface area contributed by atoms with Crippen LogP contribution in [-0.4, -0.2) is 42.8 Å². The number of nitrogens with zero attached hydrogens (tertiary/aromatic N) is 1. The Morgan fingerprint density at radius 1 is 1.14 bits per heavy atom. The fourth-order valence-electron chi connectivity index (χ4n) is 2.77. The minimum absolute atomic E-state index is 0.222. The third kappa shape index (κ3) is 2.50. The van der Waals surface area contributed by atoms with Crippen LogP contribution in [0.2, 0.25) is 0 Å². The molecular formula is C16H17NO4. The zero-order valence-corrected chi connectivity index (χ0v) is 11.8. The van der Waals surface area contributed by atoms with E-state index in [1.165, 1.54) is 4.90 Å². The number of rotatable bonds is 2. The Hall–Kier alpha value is -1.98. The van der Waals surface area contributed by atoms with E-state index >= 15 is 0 Å². The molecule has 3 rings (SSSR count). The molecule has 2 aliphatic rings. The smallest absolute Gasteiger partial charge is 0.262 e. The van der Waals surface area contributed by atoms with E-state index in [1.54, 1.807) is 31.4 Å². The molecule has 1 aromatic rings. The molecule has 110 valence electrons. The number of ether oxygens (including phenoxy) is 2. The van der Waals surface area contributed by atoms with Crippen LogP contribution in [0.4, 0.5) is 0 Å². The molecule has 0 saturated carbocycles. The van der Waals surface area contributed by atoms with Crippen molar-refractivity contribution in [2.45, 2.75) is 25.2 Å². The molecule has 0 spiro atoms. The number of methoxy groups -OCH3 is 1. The number of benzene rings is 1. The highest BCUT2D eigenvalue weighted by Gasteiger charge is 2.39. The van der Waals surface area contributed by atoms with Crippen LogP contribution < -0.4 is 0 Å². The molecule has 0 fully saturated rings. The third-order valence-electron chi connectivity index (χ3n) is 3.85. The van der Waals surface area contributed by atoms with Gasteiger partial charge in [0.2, 0.25) is 0 Å². The van der Waals surface area contributed by atoms with Crippen LogP contribution in [-0.2, 0) is 9.47 Å². The average Bonchev–Trinajstić information content (AvgIpc) is 2.73. The Balaban J connectivity index is 1.86. The summed E-state index contributed by atoms with van der Waals surface area (Å²) < 4.78 is 10.7. The van der Waals surface area contributed by atoms with Crippen molar-refractivity contribution in [2.75, 3.05) is 13.7 Å². The molecule has 0 N–H and O–H groups in total. The predicted molar refractivity (Wildman–Crippen MR) is 75.9 cm³/mol. The van der Waals surface area contributed by atoms with Crippen molar-refractivity contribution < 1.29 is 19.1 Å². The van der Waals surface area contributed by atoms with E-state index in [-0.39, 0.29) is 24.1 Å². The van der Waals surface area contributed by atoms with Crippen LogP contribution in [0.1, 0.15) is 33.6 Å². The van der Waals surface area contributed by atoms with Crippen LogP contribution in [0.5, 0.6) is 0 Å². The van der Waals surface area contributed by atoms with Crippen molar-refractivity contribution >= 4 is 11.8 Å². The van der Waals surface area contributed by atoms with Crippen molar-refractivity contribution in [2.24, 2.45) is 0 Å². The standard InChI is InChI=1S/C16H17NO4/c1-20-14-9-8-11(5-4-10-21-14)17-15(18)12-6-2-3-7-13(12)16(17)19/h2-7,11,14H,8-10H2,1H3/b5-4-. The second kappa shape index (κ2) is 5.79. The third-order valence-corrected chi connectivity index (χ3v) is 3.85. The summed E-state index contributed by atoms with van der Waals surface area (Å²) >= 11 is 0. The molecule has 0 bridgehead atoms. The average molecular weight is 287 g/mol. The Bertz CT molecular complexity index is 561. The first-order valence-electron chi connectivity index (χ1n) is 7.00. The summed E-state index contributed by atoms with van der Waals surface area (Å²) in [5.74, 6) is -0.443. The molecular weight excluding hydrogens is 270 g/mol. The van der Waals surface area contributed by atoms with Crippen LogP contribution in [0.15, 0.2) is 36.4 Å². The summed E-state index contributed by atoms with van der Waals surface area (Å²) in [5, 5.41) is 0. The van der Waals surface area contributed by atoms with Gasteiger partial charge in [0.05, 0.1) is 23.8 Å². The van der Waals surface area contributed by atoms with Crippen molar-refractivity contribution in [3.63, 3.8) is 0 Å². The molecule has 5 nitrogen and oxygen atoms in total. The number of carbonyl (C=O) groups is 2. The van der Waals surface area contributed by atoms with Gasteiger partial charge in [-0.1, -0.05) is 24.3 Å². The van der Waals surface area contributed by atoms with Crippen LogP contribution >= 0.6 is 0 Å². The molecule has 0 aliphatic carbocycles. The summed E-state index contributed by atoms with van der Waals surface area (Å²) in [6.45, 7) is 0.415. The maximum absolute atomic E-state index is 12.5. The first-order chi connectivity index (χ1) is 10.2. The Labute approximate surface area is 123 Å². The van der Waals surface area contributed by atoms with Gasteiger partial charge in [-0.05, 0) is 18.6 Å². The molecule has 2 heterocycles. The second-order valence-electron chi connectivity index (χ2n) is 5.10. The molecule has 2 aliphatic heterocycles. The number of amides is 2. The van der Waals surface area contributed by atoms with Gasteiger partial charge in [-0.3, -0.25) is 14.5 Å². The normalized spacial score (nSPS) is 27.2. The topological polar surface area (TPSA) is 55.8 Å². The number of fused-ring (bicyclic) bond motifs is 1. The summed E-state index contributed by atoms with van der Waals surface area (Å²) in [6, 6.07) is 6.69. The van der Waals surface area contributed by atoms with Crippen molar-refractivity contribution in [1.82, 2.24) is 4.90 Å². The monoisotopic (exact) mass is 287 g/mol. The highest BCUT2D eigenvalue weighted by molar-refractivity contribution is 6.21. The van der Waals surface area contributed by atoms with E-state index in [0.717, 1.165) is 0 Å². The zero-order chi connectivity index (χ0) is 14.8. The fraction of sp³-hybridized carbons (Fsp3) is 0.375. The quantitative estimate of drug-likeness (QED) is 0.616. The predicted octanol–water partition coefficient (Wildman–Crippen LogP) is 1.99. The summed E-state index contributed by atoms with van der Waals surface area (Å²) in [5.41, 5.74) is 0.968. The Kier molecular flexibility index (Phi) is 3.86. The highest BCUT2D eigenvalue weighted by atomic mass is 16.7. The van der Waals surface area contributed by atoms with E-state index in [4.69, 9.17) is 9.47 Å². The molecule has 1 aromatic carbocycles. The fourth-order valence-corrected chi connectivity index (χ4v) is 2.77. The molecule has 5 heteroatoms. The van der Waals surface area contributed by atoms with E-state index in [1.807, 2.05) is 12.2 Å². The van der Waals surface area contributed by atoms with Crippen molar-refractivity contribution in [3.8, 4) is 0 Å². The second-order valence-corrected chi connectivity index (χ2v) is 5.10. The molecule has 2 atom stereocenters. The molecule has 2 unspecified atom stereocenters. The SMILES string of the molecule is COC1CCC(N2C(=O)c3ccccc3C2=O)/C=C\CO1. The van der Waals surface area contributed by atoms with E-state index in [0.29, 0.717) is 30.6 Å². The molecule has 0 aromatic heterocycles. The van der Waals surface area contributed by atoms with Gasteiger partial charge in [0.15, 0.2) is 6.29 Å². The van der Waals surface area contributed by atoms with Gasteiger partial charge in [0.1, 0.15) is 0 Å². The molecule has 0 radical (unpaired) electrons. The van der Waals surface area contributed by atoms with Crippen molar-refractivity contribution in [3.05, 3.63) is 47.5 Å². The van der Waals surface area contributed by atoms with Gasteiger partial charge < -0.3 is 9.47 Å². The first kappa shape index (κ1) is 14.0. The van der Waals surface area contributed by atoms with Gasteiger partial charge in [-0.25, -0.2) is 0 Å². The lowest BCUT2D eigenvalue weighted by Gasteiger charge is -2.27. The van der Waals surface area contributed by atoms with Crippen LogP contribution in [0.25, 0.3) is 0 Å². The zero-order valence-electron chi connectivity index (χ0n) is 11.8. The number of hydrogen-bond acceptors (Lipinski definition) is 4. The molecule has 0 saturated heterocycles. The van der Waals surface area contributed by atoms with Gasteiger partial charge >= 0.3 is 0 Å². The van der Waals surface area contributed by atoms with E-state index in [9.17, 15) is 9.59 Å². The van der Waals surface area contributed by atoms with Gasteiger partial charge in [-0.2, -0.15) is 0 Å². The number of carbonyl (C=O) groups excluding carboxylic acids is 2. The van der Waals surface area contributed by atoms with E-state index in [2.05, 4.69) is 0 Å². The first-order valence-corrected chi connectivity index (χ1v) is 7.00. The number of imide groups is 1. The number of hydrogen-bond donors (Lipinski definition) is 0. The van der Waals surface area contributed by atoms with E-state index < -0.39 is 0 Å². The molecule has 21 heavy (non-hydrogen) atoms. The van der Waals surface area contributed by atoms with Gasteiger partial charge in [0.25, 0.3) is 11.8 Å². The summed E-state index contributed by atoms with van der Waals surface area (Å²) in [4.78, 5) is 26.3. The van der Waals surface area contributed by atoms with Gasteiger partial charge in [0, 0.05) is 13.5 Å².